The maximum atomic E-state index is 13.5. The van der Waals surface area contributed by atoms with Gasteiger partial charge in [0.25, 0.3) is 0 Å². The van der Waals surface area contributed by atoms with Gasteiger partial charge in [0.05, 0.1) is 18.5 Å². The highest BCUT2D eigenvalue weighted by atomic mass is 16.5. The number of aromatic nitrogens is 4. The standard InChI is InChI=1S/C30H33N7O4/c1-40-30(39)35-16-13-21(14-17-35)29(38)36-15-5-6-22(18-36)37-28-25(27(31)32-19-33-28)26(34-37)20-9-11-24(12-10-20)41-23-7-3-2-4-8-23/h2-4,7-12,19,21-22H,5-6,13-18H2,1H3,(H2,31,32,33). The van der Waals surface area contributed by atoms with Crippen LogP contribution in [0.25, 0.3) is 22.3 Å². The molecule has 0 saturated carbocycles. The minimum absolute atomic E-state index is 0.0471. The molecule has 2 saturated heterocycles. The molecule has 2 aliphatic rings. The second-order valence-electron chi connectivity index (χ2n) is 10.5. The molecule has 2 aliphatic heterocycles. The van der Waals surface area contributed by atoms with Crippen LogP contribution in [-0.4, -0.2) is 74.8 Å². The zero-order valence-corrected chi connectivity index (χ0v) is 23.0. The molecule has 2 N–H and O–H groups in total. The topological polar surface area (TPSA) is 129 Å². The van der Waals surface area contributed by atoms with Gasteiger partial charge in [0.2, 0.25) is 5.91 Å². The molecule has 0 radical (unpaired) electrons. The quantitative estimate of drug-likeness (QED) is 0.381. The zero-order chi connectivity index (χ0) is 28.3. The van der Waals surface area contributed by atoms with E-state index in [1.165, 1.54) is 13.4 Å². The number of piperidine rings is 2. The van der Waals surface area contributed by atoms with E-state index < -0.39 is 0 Å². The molecule has 1 atom stereocenters. The van der Waals surface area contributed by atoms with Gasteiger partial charge in [0.15, 0.2) is 5.65 Å². The highest BCUT2D eigenvalue weighted by molar-refractivity contribution is 5.98. The SMILES string of the molecule is COC(=O)N1CCC(C(=O)N2CCCC(n3nc(-c4ccc(Oc5ccccc5)cc4)c4c(N)ncnc43)C2)CC1. The fraction of sp³-hybridized carbons (Fsp3) is 0.367. The Morgan fingerprint density at radius 1 is 0.902 bits per heavy atom. The van der Waals surface area contributed by atoms with Crippen molar-refractivity contribution in [1.82, 2.24) is 29.5 Å². The fourth-order valence-corrected chi connectivity index (χ4v) is 5.81. The first-order valence-corrected chi connectivity index (χ1v) is 14.0. The number of ether oxygens (including phenoxy) is 2. The first-order valence-electron chi connectivity index (χ1n) is 14.0. The fourth-order valence-electron chi connectivity index (χ4n) is 5.81. The maximum Gasteiger partial charge on any atom is 0.409 e. The van der Waals surface area contributed by atoms with Crippen molar-refractivity contribution in [3.05, 3.63) is 60.9 Å². The van der Waals surface area contributed by atoms with Crippen molar-refractivity contribution in [2.75, 3.05) is 39.0 Å². The third-order valence-corrected chi connectivity index (χ3v) is 7.96. The lowest BCUT2D eigenvalue weighted by Gasteiger charge is -2.37. The number of benzene rings is 2. The van der Waals surface area contributed by atoms with Crippen molar-refractivity contribution in [2.24, 2.45) is 5.92 Å². The van der Waals surface area contributed by atoms with Crippen LogP contribution < -0.4 is 10.5 Å². The number of nitrogens with zero attached hydrogens (tertiary/aromatic N) is 6. The molecule has 212 valence electrons. The van der Waals surface area contributed by atoms with Crippen molar-refractivity contribution >= 4 is 28.9 Å². The van der Waals surface area contributed by atoms with Crippen LogP contribution in [0.1, 0.15) is 31.7 Å². The summed E-state index contributed by atoms with van der Waals surface area (Å²) in [6, 6.07) is 17.3. The number of nitrogens with two attached hydrogens (primary N) is 1. The Bertz CT molecular complexity index is 1530. The van der Waals surface area contributed by atoms with E-state index in [-0.39, 0.29) is 24.0 Å². The van der Waals surface area contributed by atoms with E-state index >= 15 is 0 Å². The Kier molecular flexibility index (Phi) is 7.41. The first-order chi connectivity index (χ1) is 20.0. The minimum atomic E-state index is -0.338. The lowest BCUT2D eigenvalue weighted by atomic mass is 9.94. The number of carbonyl (C=O) groups is 2. The normalized spacial score (nSPS) is 17.9. The summed E-state index contributed by atoms with van der Waals surface area (Å²) in [7, 11) is 1.38. The van der Waals surface area contributed by atoms with Crippen LogP contribution in [0.15, 0.2) is 60.9 Å². The van der Waals surface area contributed by atoms with Crippen LogP contribution in [0.4, 0.5) is 10.6 Å². The Labute approximate surface area is 237 Å². The Morgan fingerprint density at radius 3 is 2.37 bits per heavy atom. The zero-order valence-electron chi connectivity index (χ0n) is 23.0. The number of rotatable bonds is 5. The number of hydrogen-bond donors (Lipinski definition) is 1. The molecule has 0 spiro atoms. The average molecular weight is 556 g/mol. The van der Waals surface area contributed by atoms with E-state index in [1.54, 1.807) is 4.90 Å². The van der Waals surface area contributed by atoms with Gasteiger partial charge >= 0.3 is 6.09 Å². The molecule has 2 aromatic heterocycles. The first kappa shape index (κ1) is 26.5. The molecule has 41 heavy (non-hydrogen) atoms. The number of fused-ring (bicyclic) bond motifs is 1. The van der Waals surface area contributed by atoms with Gasteiger partial charge in [-0.1, -0.05) is 18.2 Å². The van der Waals surface area contributed by atoms with Crippen molar-refractivity contribution in [3.8, 4) is 22.8 Å². The molecule has 2 fully saturated rings. The largest absolute Gasteiger partial charge is 0.457 e. The van der Waals surface area contributed by atoms with E-state index in [9.17, 15) is 9.59 Å². The second kappa shape index (κ2) is 11.4. The molecule has 0 aliphatic carbocycles. The molecule has 1 unspecified atom stereocenters. The number of amides is 2. The van der Waals surface area contributed by atoms with Crippen molar-refractivity contribution in [3.63, 3.8) is 0 Å². The minimum Gasteiger partial charge on any atom is -0.457 e. The lowest BCUT2D eigenvalue weighted by molar-refractivity contribution is -0.138. The molecular formula is C30H33N7O4. The average Bonchev–Trinajstić information content (AvgIpc) is 3.42. The van der Waals surface area contributed by atoms with Gasteiger partial charge < -0.3 is 25.0 Å². The highest BCUT2D eigenvalue weighted by Crippen LogP contribution is 2.35. The Morgan fingerprint density at radius 2 is 1.63 bits per heavy atom. The smallest absolute Gasteiger partial charge is 0.409 e. The third-order valence-electron chi connectivity index (χ3n) is 7.96. The molecule has 2 aromatic carbocycles. The van der Waals surface area contributed by atoms with Crippen molar-refractivity contribution < 1.29 is 19.1 Å². The number of carbonyl (C=O) groups excluding carboxylic acids is 2. The monoisotopic (exact) mass is 555 g/mol. The molecule has 4 heterocycles. The van der Waals surface area contributed by atoms with Crippen molar-refractivity contribution in [1.29, 1.82) is 0 Å². The van der Waals surface area contributed by atoms with Crippen LogP contribution in [0.2, 0.25) is 0 Å². The van der Waals surface area contributed by atoms with E-state index in [0.29, 0.717) is 67.3 Å². The van der Waals surface area contributed by atoms with Gasteiger partial charge in [-0.3, -0.25) is 4.79 Å². The van der Waals surface area contributed by atoms with E-state index in [2.05, 4.69) is 9.97 Å². The van der Waals surface area contributed by atoms with E-state index in [1.807, 2.05) is 64.2 Å². The van der Waals surface area contributed by atoms with Gasteiger partial charge in [0.1, 0.15) is 29.3 Å². The number of para-hydroxylation sites is 1. The summed E-state index contributed by atoms with van der Waals surface area (Å²) in [6.07, 6.45) is 4.12. The summed E-state index contributed by atoms with van der Waals surface area (Å²) in [5.41, 5.74) is 8.58. The number of likely N-dealkylation sites (tertiary alicyclic amines) is 2. The molecule has 11 nitrogen and oxygen atoms in total. The third kappa shape index (κ3) is 5.39. The van der Waals surface area contributed by atoms with Crippen LogP contribution in [0.3, 0.4) is 0 Å². The molecule has 0 bridgehead atoms. The molecular weight excluding hydrogens is 522 g/mol. The van der Waals surface area contributed by atoms with Gasteiger partial charge in [-0.15, -0.1) is 0 Å². The van der Waals surface area contributed by atoms with E-state index in [0.717, 1.165) is 24.2 Å². The maximum absolute atomic E-state index is 13.5. The molecule has 4 aromatic rings. The predicted molar refractivity (Wildman–Crippen MR) is 153 cm³/mol. The van der Waals surface area contributed by atoms with Gasteiger partial charge in [-0.2, -0.15) is 5.10 Å². The molecule has 11 heteroatoms. The summed E-state index contributed by atoms with van der Waals surface area (Å²) in [4.78, 5) is 37.7. The number of methoxy groups -OCH3 is 1. The Hall–Kier alpha value is -4.67. The number of nitrogen functional groups attached to an aromatic ring is 1. The molecule has 6 rings (SSSR count). The second-order valence-corrected chi connectivity index (χ2v) is 10.5. The summed E-state index contributed by atoms with van der Waals surface area (Å²) in [5, 5.41) is 5.70. The Balaban J connectivity index is 1.22. The summed E-state index contributed by atoms with van der Waals surface area (Å²) in [5.74, 6) is 1.87. The summed E-state index contributed by atoms with van der Waals surface area (Å²) in [6.45, 7) is 2.30. The van der Waals surface area contributed by atoms with Gasteiger partial charge in [-0.25, -0.2) is 19.4 Å². The van der Waals surface area contributed by atoms with Gasteiger partial charge in [0, 0.05) is 37.7 Å². The highest BCUT2D eigenvalue weighted by Gasteiger charge is 2.34. The van der Waals surface area contributed by atoms with Crippen LogP contribution >= 0.6 is 0 Å². The lowest BCUT2D eigenvalue weighted by Crippen LogP contribution is -2.47. The number of hydrogen-bond acceptors (Lipinski definition) is 8. The predicted octanol–water partition coefficient (Wildman–Crippen LogP) is 4.51. The van der Waals surface area contributed by atoms with Crippen LogP contribution in [0.5, 0.6) is 11.5 Å². The van der Waals surface area contributed by atoms with Gasteiger partial charge in [-0.05, 0) is 62.1 Å². The van der Waals surface area contributed by atoms with Crippen molar-refractivity contribution in [2.45, 2.75) is 31.7 Å². The number of anilines is 1. The van der Waals surface area contributed by atoms with E-state index in [4.69, 9.17) is 20.3 Å². The summed E-state index contributed by atoms with van der Waals surface area (Å²) >= 11 is 0. The van der Waals surface area contributed by atoms with Crippen LogP contribution in [0, 0.1) is 5.92 Å². The van der Waals surface area contributed by atoms with Crippen LogP contribution in [-0.2, 0) is 9.53 Å². The molecule has 2 amide bonds. The summed E-state index contributed by atoms with van der Waals surface area (Å²) < 4.78 is 12.7.